The fraction of sp³-hybridized carbons (Fsp3) is 0.0833. The number of imide groups is 1. The van der Waals surface area contributed by atoms with E-state index < -0.39 is 22.4 Å². The number of nitro benzene ring substituents is 1. The fourth-order valence-electron chi connectivity index (χ4n) is 1.70. The maximum absolute atomic E-state index is 11.6. The molecule has 10 heteroatoms. The van der Waals surface area contributed by atoms with Crippen LogP contribution in [0.5, 0.6) is 11.5 Å². The number of fused-ring (bicyclic) bond motifs is 1. The predicted octanol–water partition coefficient (Wildman–Crippen LogP) is 0.425. The van der Waals surface area contributed by atoms with E-state index in [1.54, 1.807) is 5.32 Å². The van der Waals surface area contributed by atoms with Gasteiger partial charge in [-0.05, 0) is 12.1 Å². The predicted molar refractivity (Wildman–Crippen MR) is 70.5 cm³/mol. The lowest BCUT2D eigenvalue weighted by Crippen LogP contribution is -2.35. The van der Waals surface area contributed by atoms with Crippen molar-refractivity contribution in [1.29, 1.82) is 5.26 Å². The number of nitrogens with two attached hydrogens (primary N) is 1. The Morgan fingerprint density at radius 1 is 1.41 bits per heavy atom. The Labute approximate surface area is 122 Å². The smallest absolute Gasteiger partial charge is 0.319 e. The molecule has 10 nitrogen and oxygen atoms in total. The zero-order chi connectivity index (χ0) is 16.3. The summed E-state index contributed by atoms with van der Waals surface area (Å²) in [5.41, 5.74) is 3.82. The number of primary amides is 1. The zero-order valence-corrected chi connectivity index (χ0v) is 10.9. The summed E-state index contributed by atoms with van der Waals surface area (Å²) in [6.45, 7) is -0.0904. The number of nitrogens with one attached hydrogen (secondary N) is 1. The number of nitriles is 1. The molecule has 0 unspecified atom stereocenters. The maximum Gasteiger partial charge on any atom is 0.319 e. The van der Waals surface area contributed by atoms with Gasteiger partial charge in [0.05, 0.1) is 16.6 Å². The summed E-state index contributed by atoms with van der Waals surface area (Å²) in [6.07, 6.45) is 0.957. The van der Waals surface area contributed by atoms with E-state index in [1.807, 2.05) is 0 Å². The van der Waals surface area contributed by atoms with Crippen molar-refractivity contribution in [2.24, 2.45) is 5.73 Å². The Hall–Kier alpha value is -3.61. The van der Waals surface area contributed by atoms with E-state index >= 15 is 0 Å². The van der Waals surface area contributed by atoms with Crippen LogP contribution >= 0.6 is 0 Å². The molecule has 3 amide bonds. The number of carbonyl (C=O) groups excluding carboxylic acids is 2. The Bertz CT molecular complexity index is 749. The average molecular weight is 304 g/mol. The van der Waals surface area contributed by atoms with E-state index in [2.05, 4.69) is 0 Å². The first-order valence-corrected chi connectivity index (χ1v) is 5.73. The Morgan fingerprint density at radius 3 is 2.59 bits per heavy atom. The highest BCUT2D eigenvalue weighted by molar-refractivity contribution is 6.08. The molecule has 0 atom stereocenters. The molecule has 1 aromatic rings. The van der Waals surface area contributed by atoms with E-state index in [-0.39, 0.29) is 29.5 Å². The first-order chi connectivity index (χ1) is 10.4. The van der Waals surface area contributed by atoms with Gasteiger partial charge in [-0.25, -0.2) is 4.79 Å². The van der Waals surface area contributed by atoms with Gasteiger partial charge in [-0.1, -0.05) is 0 Å². The van der Waals surface area contributed by atoms with Gasteiger partial charge < -0.3 is 15.2 Å². The monoisotopic (exact) mass is 304 g/mol. The second kappa shape index (κ2) is 5.80. The van der Waals surface area contributed by atoms with Crippen LogP contribution in [0.1, 0.15) is 5.56 Å². The number of amides is 3. The van der Waals surface area contributed by atoms with E-state index in [0.717, 1.165) is 12.1 Å². The van der Waals surface area contributed by atoms with Crippen molar-refractivity contribution in [2.45, 2.75) is 0 Å². The molecule has 0 radical (unpaired) electrons. The molecule has 1 aromatic carbocycles. The van der Waals surface area contributed by atoms with E-state index in [4.69, 9.17) is 20.5 Å². The molecular formula is C12H8N4O6. The molecule has 1 aliphatic rings. The summed E-state index contributed by atoms with van der Waals surface area (Å²) in [4.78, 5) is 32.6. The van der Waals surface area contributed by atoms with Crippen molar-refractivity contribution in [2.75, 3.05) is 6.79 Å². The number of hydrogen-bond acceptors (Lipinski definition) is 7. The van der Waals surface area contributed by atoms with Crippen molar-refractivity contribution in [3.63, 3.8) is 0 Å². The van der Waals surface area contributed by atoms with Gasteiger partial charge >= 0.3 is 6.03 Å². The lowest BCUT2D eigenvalue weighted by Gasteiger charge is -2.02. The molecule has 2 rings (SSSR count). The minimum atomic E-state index is -1.15. The third-order valence-corrected chi connectivity index (χ3v) is 2.62. The molecule has 0 saturated carbocycles. The lowest BCUT2D eigenvalue weighted by atomic mass is 10.1. The highest BCUT2D eigenvalue weighted by Crippen LogP contribution is 2.38. The minimum Gasteiger partial charge on any atom is -0.454 e. The van der Waals surface area contributed by atoms with Gasteiger partial charge in [0.1, 0.15) is 11.6 Å². The van der Waals surface area contributed by atoms with Gasteiger partial charge in [0.15, 0.2) is 11.5 Å². The van der Waals surface area contributed by atoms with Crippen molar-refractivity contribution in [3.05, 3.63) is 33.4 Å². The second-order valence-electron chi connectivity index (χ2n) is 4.01. The number of benzene rings is 1. The number of carbonyl (C=O) groups is 2. The Kier molecular flexibility index (Phi) is 3.90. The van der Waals surface area contributed by atoms with Crippen LogP contribution in [0.25, 0.3) is 6.08 Å². The number of rotatable bonds is 3. The summed E-state index contributed by atoms with van der Waals surface area (Å²) in [5, 5.41) is 21.7. The van der Waals surface area contributed by atoms with Crippen LogP contribution < -0.4 is 20.5 Å². The van der Waals surface area contributed by atoms with Gasteiger partial charge in [0.25, 0.3) is 11.6 Å². The Balaban J connectivity index is 2.49. The van der Waals surface area contributed by atoms with E-state index in [0.29, 0.717) is 0 Å². The van der Waals surface area contributed by atoms with Crippen LogP contribution in [0.15, 0.2) is 17.7 Å². The second-order valence-corrected chi connectivity index (χ2v) is 4.01. The first-order valence-electron chi connectivity index (χ1n) is 5.73. The van der Waals surface area contributed by atoms with Crippen molar-refractivity contribution < 1.29 is 24.0 Å². The normalized spacial score (nSPS) is 12.4. The third kappa shape index (κ3) is 2.93. The molecule has 0 fully saturated rings. The van der Waals surface area contributed by atoms with Crippen LogP contribution in [0.3, 0.4) is 0 Å². The summed E-state index contributed by atoms with van der Waals surface area (Å²) >= 11 is 0. The topological polar surface area (TPSA) is 158 Å². The first kappa shape index (κ1) is 14.8. The van der Waals surface area contributed by atoms with E-state index in [1.165, 1.54) is 12.1 Å². The van der Waals surface area contributed by atoms with Gasteiger partial charge in [0, 0.05) is 0 Å². The highest BCUT2D eigenvalue weighted by Gasteiger charge is 2.23. The zero-order valence-electron chi connectivity index (χ0n) is 10.9. The molecule has 22 heavy (non-hydrogen) atoms. The summed E-state index contributed by atoms with van der Waals surface area (Å²) in [7, 11) is 0. The number of nitro groups is 1. The van der Waals surface area contributed by atoms with Crippen LogP contribution in [-0.2, 0) is 4.79 Å². The Morgan fingerprint density at radius 2 is 2.05 bits per heavy atom. The fourth-order valence-corrected chi connectivity index (χ4v) is 1.70. The molecule has 0 spiro atoms. The molecule has 1 heterocycles. The molecule has 0 aliphatic carbocycles. The third-order valence-electron chi connectivity index (χ3n) is 2.62. The maximum atomic E-state index is 11.6. The number of ether oxygens (including phenoxy) is 2. The van der Waals surface area contributed by atoms with Crippen LogP contribution in [-0.4, -0.2) is 23.7 Å². The number of nitrogens with zero attached hydrogens (tertiary/aromatic N) is 2. The van der Waals surface area contributed by atoms with Crippen molar-refractivity contribution in [1.82, 2.24) is 5.32 Å². The van der Waals surface area contributed by atoms with Crippen LogP contribution in [0.4, 0.5) is 10.5 Å². The van der Waals surface area contributed by atoms with Crippen LogP contribution in [0.2, 0.25) is 0 Å². The van der Waals surface area contributed by atoms with Gasteiger partial charge in [-0.15, -0.1) is 0 Å². The molecule has 0 aromatic heterocycles. The van der Waals surface area contributed by atoms with Crippen molar-refractivity contribution in [3.8, 4) is 17.6 Å². The molecular weight excluding hydrogens is 296 g/mol. The van der Waals surface area contributed by atoms with Gasteiger partial charge in [-0.3, -0.25) is 20.2 Å². The van der Waals surface area contributed by atoms with Gasteiger partial charge in [0.2, 0.25) is 6.79 Å². The van der Waals surface area contributed by atoms with Crippen LogP contribution in [0, 0.1) is 21.4 Å². The summed E-state index contributed by atoms with van der Waals surface area (Å²) in [6, 6.07) is 2.77. The molecule has 1 aliphatic heterocycles. The summed E-state index contributed by atoms with van der Waals surface area (Å²) < 4.78 is 10.1. The minimum absolute atomic E-state index is 0.0505. The van der Waals surface area contributed by atoms with Crippen molar-refractivity contribution >= 4 is 23.7 Å². The lowest BCUT2D eigenvalue weighted by molar-refractivity contribution is -0.385. The highest BCUT2D eigenvalue weighted by atomic mass is 16.7. The number of hydrogen-bond donors (Lipinski definition) is 2. The molecule has 0 bridgehead atoms. The molecule has 3 N–H and O–H groups in total. The largest absolute Gasteiger partial charge is 0.454 e. The average Bonchev–Trinajstić information content (AvgIpc) is 2.89. The SMILES string of the molecule is N#C/C(=C\c1cc2c(cc1[N+](=O)[O-])OCO2)C(=O)NC(N)=O. The van der Waals surface area contributed by atoms with Gasteiger partial charge in [-0.2, -0.15) is 5.26 Å². The summed E-state index contributed by atoms with van der Waals surface area (Å²) in [5.74, 6) is -0.643. The van der Waals surface area contributed by atoms with E-state index in [9.17, 15) is 19.7 Å². The molecule has 0 saturated heterocycles. The quantitative estimate of drug-likeness (QED) is 0.354. The molecule has 112 valence electrons. The number of urea groups is 1. The standard InChI is InChI=1S/C12H8N4O6/c13-4-7(11(17)15-12(14)18)1-6-2-9-10(22-5-21-9)3-8(6)16(19)20/h1-3H,5H2,(H3,14,15,17,18)/b7-1+.